The van der Waals surface area contributed by atoms with Crippen LogP contribution in [-0.4, -0.2) is 47.7 Å². The lowest BCUT2D eigenvalue weighted by atomic mass is 10.00. The zero-order chi connectivity index (χ0) is 16.7. The highest BCUT2D eigenvalue weighted by Crippen LogP contribution is 2.13. The Kier molecular flexibility index (Phi) is 7.51. The molecule has 1 unspecified atom stereocenters. The van der Waals surface area contributed by atoms with Crippen LogP contribution in [0, 0.1) is 0 Å². The van der Waals surface area contributed by atoms with Crippen LogP contribution >= 0.6 is 0 Å². The Hall–Kier alpha value is -1.43. The topological polar surface area (TPSA) is 78.6 Å². The summed E-state index contributed by atoms with van der Waals surface area (Å²) in [7, 11) is 2.04. The maximum Gasteiger partial charge on any atom is 0.221 e. The first-order chi connectivity index (χ1) is 10.3. The van der Waals surface area contributed by atoms with E-state index in [-0.39, 0.29) is 18.0 Å². The van der Waals surface area contributed by atoms with E-state index in [1.165, 1.54) is 12.5 Å². The molecule has 1 rings (SSSR count). The van der Waals surface area contributed by atoms with E-state index in [0.29, 0.717) is 0 Å². The van der Waals surface area contributed by atoms with Crippen molar-refractivity contribution in [3.8, 4) is 0 Å². The Balaban J connectivity index is 2.55. The summed E-state index contributed by atoms with van der Waals surface area (Å²) >= 11 is 0. The SMILES string of the molecule is CCC([C@H](N)[C@H](C)O)N(C)CCc1ccc(NC(C)=O)cc1. The van der Waals surface area contributed by atoms with Crippen molar-refractivity contribution in [3.05, 3.63) is 29.8 Å². The average molecular weight is 307 g/mol. The molecule has 5 heteroatoms. The quantitative estimate of drug-likeness (QED) is 0.682. The molecule has 22 heavy (non-hydrogen) atoms. The molecule has 1 amide bonds. The lowest BCUT2D eigenvalue weighted by molar-refractivity contribution is -0.114. The van der Waals surface area contributed by atoms with Crippen molar-refractivity contribution < 1.29 is 9.90 Å². The van der Waals surface area contributed by atoms with Gasteiger partial charge in [-0.1, -0.05) is 19.1 Å². The predicted octanol–water partition coefficient (Wildman–Crippen LogP) is 1.61. The molecule has 1 aromatic rings. The van der Waals surface area contributed by atoms with E-state index in [0.717, 1.165) is 25.1 Å². The monoisotopic (exact) mass is 307 g/mol. The molecule has 0 heterocycles. The Morgan fingerprint density at radius 1 is 1.36 bits per heavy atom. The fraction of sp³-hybridized carbons (Fsp3) is 0.588. The molecule has 0 bridgehead atoms. The number of hydrogen-bond donors (Lipinski definition) is 3. The van der Waals surface area contributed by atoms with Crippen LogP contribution < -0.4 is 11.1 Å². The summed E-state index contributed by atoms with van der Waals surface area (Å²) in [6.45, 7) is 6.20. The first-order valence-corrected chi connectivity index (χ1v) is 7.85. The zero-order valence-corrected chi connectivity index (χ0v) is 14.0. The first kappa shape index (κ1) is 18.6. The maximum atomic E-state index is 11.0. The molecule has 3 atom stereocenters. The van der Waals surface area contributed by atoms with Gasteiger partial charge in [0.1, 0.15) is 0 Å². The third-order valence-electron chi connectivity index (χ3n) is 4.01. The molecule has 0 aromatic heterocycles. The van der Waals surface area contributed by atoms with Crippen LogP contribution in [0.1, 0.15) is 32.8 Å². The lowest BCUT2D eigenvalue weighted by Gasteiger charge is -2.33. The number of nitrogens with zero attached hydrogens (tertiary/aromatic N) is 1. The Morgan fingerprint density at radius 2 is 1.95 bits per heavy atom. The van der Waals surface area contributed by atoms with Gasteiger partial charge in [0.15, 0.2) is 0 Å². The Morgan fingerprint density at radius 3 is 2.41 bits per heavy atom. The Labute approximate surface area is 133 Å². The van der Waals surface area contributed by atoms with E-state index in [4.69, 9.17) is 5.73 Å². The Bertz CT molecular complexity index is 459. The van der Waals surface area contributed by atoms with Crippen LogP contribution in [0.3, 0.4) is 0 Å². The van der Waals surface area contributed by atoms with Gasteiger partial charge in [-0.25, -0.2) is 0 Å². The number of carbonyl (C=O) groups is 1. The largest absolute Gasteiger partial charge is 0.392 e. The molecule has 0 fully saturated rings. The third kappa shape index (κ3) is 5.75. The number of rotatable bonds is 8. The van der Waals surface area contributed by atoms with Gasteiger partial charge in [0.05, 0.1) is 6.10 Å². The van der Waals surface area contributed by atoms with Crippen LogP contribution in [-0.2, 0) is 11.2 Å². The van der Waals surface area contributed by atoms with E-state index in [1.807, 2.05) is 31.3 Å². The van der Waals surface area contributed by atoms with Crippen LogP contribution in [0.25, 0.3) is 0 Å². The van der Waals surface area contributed by atoms with Crippen molar-refractivity contribution in [2.75, 3.05) is 18.9 Å². The maximum absolute atomic E-state index is 11.0. The fourth-order valence-corrected chi connectivity index (χ4v) is 2.63. The first-order valence-electron chi connectivity index (χ1n) is 7.85. The van der Waals surface area contributed by atoms with Gasteiger partial charge in [0.2, 0.25) is 5.91 Å². The summed E-state index contributed by atoms with van der Waals surface area (Å²) in [5.41, 5.74) is 8.10. The van der Waals surface area contributed by atoms with Gasteiger partial charge in [0.25, 0.3) is 0 Å². The number of hydrogen-bond acceptors (Lipinski definition) is 4. The highest BCUT2D eigenvalue weighted by Gasteiger charge is 2.23. The second kappa shape index (κ2) is 8.88. The second-order valence-corrected chi connectivity index (χ2v) is 5.90. The lowest BCUT2D eigenvalue weighted by Crippen LogP contribution is -2.51. The molecule has 0 radical (unpaired) electrons. The molecule has 0 aliphatic rings. The normalized spacial score (nSPS) is 15.4. The van der Waals surface area contributed by atoms with Gasteiger partial charge in [-0.2, -0.15) is 0 Å². The van der Waals surface area contributed by atoms with Crippen molar-refractivity contribution in [2.45, 2.75) is 51.8 Å². The van der Waals surface area contributed by atoms with Crippen molar-refractivity contribution in [3.63, 3.8) is 0 Å². The smallest absolute Gasteiger partial charge is 0.221 e. The van der Waals surface area contributed by atoms with Gasteiger partial charge in [-0.05, 0) is 44.5 Å². The summed E-state index contributed by atoms with van der Waals surface area (Å²) < 4.78 is 0. The molecular weight excluding hydrogens is 278 g/mol. The average Bonchev–Trinajstić information content (AvgIpc) is 2.46. The summed E-state index contributed by atoms with van der Waals surface area (Å²) in [6.07, 6.45) is 1.30. The molecule has 0 aliphatic heterocycles. The number of carbonyl (C=O) groups excluding carboxylic acids is 1. The molecule has 4 N–H and O–H groups in total. The van der Waals surface area contributed by atoms with E-state index in [2.05, 4.69) is 17.1 Å². The van der Waals surface area contributed by atoms with E-state index in [9.17, 15) is 9.90 Å². The van der Waals surface area contributed by atoms with Gasteiger partial charge in [-0.15, -0.1) is 0 Å². The highest BCUT2D eigenvalue weighted by atomic mass is 16.3. The number of aliphatic hydroxyl groups is 1. The number of benzene rings is 1. The summed E-state index contributed by atoms with van der Waals surface area (Å²) in [6, 6.07) is 7.80. The van der Waals surface area contributed by atoms with Crippen molar-refractivity contribution >= 4 is 11.6 Å². The molecule has 5 nitrogen and oxygen atoms in total. The standard InChI is InChI=1S/C17H29N3O2/c1-5-16(17(18)12(2)21)20(4)11-10-14-6-8-15(9-7-14)19-13(3)22/h6-9,12,16-17,21H,5,10-11,18H2,1-4H3,(H,19,22)/t12-,16?,17+/m0/s1. The zero-order valence-electron chi connectivity index (χ0n) is 14.0. The molecule has 1 aromatic carbocycles. The number of amides is 1. The molecule has 0 spiro atoms. The summed E-state index contributed by atoms with van der Waals surface area (Å²) in [5.74, 6) is -0.0645. The van der Waals surface area contributed by atoms with Crippen molar-refractivity contribution in [1.29, 1.82) is 0 Å². The van der Waals surface area contributed by atoms with Gasteiger partial charge in [-0.3, -0.25) is 4.79 Å². The van der Waals surface area contributed by atoms with Gasteiger partial charge in [0, 0.05) is 31.2 Å². The molecule has 0 aliphatic carbocycles. The van der Waals surface area contributed by atoms with Crippen molar-refractivity contribution in [1.82, 2.24) is 4.90 Å². The predicted molar refractivity (Wildman–Crippen MR) is 90.8 cm³/mol. The molecule has 0 saturated heterocycles. The minimum Gasteiger partial charge on any atom is -0.392 e. The number of likely N-dealkylation sites (N-methyl/N-ethyl adjacent to an activating group) is 1. The third-order valence-corrected chi connectivity index (χ3v) is 4.01. The van der Waals surface area contributed by atoms with E-state index in [1.54, 1.807) is 6.92 Å². The molecular formula is C17H29N3O2. The summed E-state index contributed by atoms with van der Waals surface area (Å²) in [4.78, 5) is 13.2. The van der Waals surface area contributed by atoms with Crippen LogP contribution in [0.2, 0.25) is 0 Å². The highest BCUT2D eigenvalue weighted by molar-refractivity contribution is 5.88. The molecule has 124 valence electrons. The van der Waals surface area contributed by atoms with Crippen LogP contribution in [0.5, 0.6) is 0 Å². The second-order valence-electron chi connectivity index (χ2n) is 5.90. The van der Waals surface area contributed by atoms with Crippen LogP contribution in [0.4, 0.5) is 5.69 Å². The fourth-order valence-electron chi connectivity index (χ4n) is 2.63. The minimum atomic E-state index is -0.510. The number of nitrogens with one attached hydrogen (secondary N) is 1. The van der Waals surface area contributed by atoms with E-state index < -0.39 is 6.10 Å². The van der Waals surface area contributed by atoms with Gasteiger partial charge >= 0.3 is 0 Å². The number of nitrogens with two attached hydrogens (primary N) is 1. The summed E-state index contributed by atoms with van der Waals surface area (Å²) in [5, 5.41) is 12.4. The minimum absolute atomic E-state index is 0.0645. The number of aliphatic hydroxyl groups excluding tert-OH is 1. The van der Waals surface area contributed by atoms with Crippen LogP contribution in [0.15, 0.2) is 24.3 Å². The van der Waals surface area contributed by atoms with Crippen molar-refractivity contribution in [2.24, 2.45) is 5.73 Å². The van der Waals surface area contributed by atoms with E-state index >= 15 is 0 Å². The molecule has 0 saturated carbocycles. The number of anilines is 1. The van der Waals surface area contributed by atoms with Gasteiger partial charge < -0.3 is 21.1 Å².